The van der Waals surface area contributed by atoms with Crippen LogP contribution in [0.3, 0.4) is 0 Å². The molecular formula is C26H45NO6S. The Morgan fingerprint density at radius 1 is 0.971 bits per heavy atom. The lowest BCUT2D eigenvalue weighted by molar-refractivity contribution is -0.215. The second kappa shape index (κ2) is 9.64. The standard InChI is InChI=1S/C26H45NO6S/c1-16(7-10-21(28)27-14-15-34(31,32)33)17-8-9-18-22-19(11-13-26(17,18)3)25(2)12-5-4-6-20(25)23(29)24(22)30/h16-20,22-24,29-30H,4-15H2,1-3H3,(H,27,28)(H,31,32,33). The summed E-state index contributed by atoms with van der Waals surface area (Å²) in [5, 5.41) is 25.1. The monoisotopic (exact) mass is 499 g/mol. The van der Waals surface area contributed by atoms with Gasteiger partial charge in [0.05, 0.1) is 18.0 Å². The highest BCUT2D eigenvalue weighted by molar-refractivity contribution is 7.85. The maximum absolute atomic E-state index is 12.2. The van der Waals surface area contributed by atoms with Crippen LogP contribution in [-0.4, -0.2) is 53.6 Å². The van der Waals surface area contributed by atoms with Crippen molar-refractivity contribution in [3.8, 4) is 0 Å². The highest BCUT2D eigenvalue weighted by Gasteiger charge is 2.64. The molecule has 4 aliphatic rings. The number of rotatable bonds is 7. The summed E-state index contributed by atoms with van der Waals surface area (Å²) < 4.78 is 30.5. The van der Waals surface area contributed by atoms with E-state index in [0.29, 0.717) is 30.1 Å². The fraction of sp³-hybridized carbons (Fsp3) is 0.962. The van der Waals surface area contributed by atoms with Crippen LogP contribution in [0.1, 0.15) is 85.0 Å². The van der Waals surface area contributed by atoms with Gasteiger partial charge in [0.2, 0.25) is 5.91 Å². The second-order valence-electron chi connectivity index (χ2n) is 12.5. The van der Waals surface area contributed by atoms with Gasteiger partial charge in [-0.1, -0.05) is 33.6 Å². The Morgan fingerprint density at radius 3 is 2.38 bits per heavy atom. The average Bonchev–Trinajstić information content (AvgIpc) is 3.11. The predicted molar refractivity (Wildman–Crippen MR) is 130 cm³/mol. The molecule has 10 atom stereocenters. The van der Waals surface area contributed by atoms with Gasteiger partial charge in [-0.3, -0.25) is 9.35 Å². The second-order valence-corrected chi connectivity index (χ2v) is 14.1. The molecule has 1 amide bonds. The van der Waals surface area contributed by atoms with Crippen LogP contribution in [0.15, 0.2) is 0 Å². The van der Waals surface area contributed by atoms with Gasteiger partial charge in [-0.2, -0.15) is 8.42 Å². The Morgan fingerprint density at radius 2 is 1.68 bits per heavy atom. The van der Waals surface area contributed by atoms with Crippen LogP contribution in [0.2, 0.25) is 0 Å². The van der Waals surface area contributed by atoms with Gasteiger partial charge in [-0.15, -0.1) is 0 Å². The third-order valence-corrected chi connectivity index (χ3v) is 11.7. The van der Waals surface area contributed by atoms with E-state index < -0.39 is 28.1 Å². The fourth-order valence-electron chi connectivity index (χ4n) is 9.26. The molecule has 0 spiro atoms. The number of amides is 1. The summed E-state index contributed by atoms with van der Waals surface area (Å²) in [6.45, 7) is 6.93. The highest BCUT2D eigenvalue weighted by atomic mass is 32.2. The van der Waals surface area contributed by atoms with E-state index >= 15 is 0 Å². The smallest absolute Gasteiger partial charge is 0.266 e. The lowest BCUT2D eigenvalue weighted by atomic mass is 9.43. The number of nitrogens with one attached hydrogen (secondary N) is 1. The summed E-state index contributed by atoms with van der Waals surface area (Å²) in [6, 6.07) is 0. The molecule has 34 heavy (non-hydrogen) atoms. The zero-order chi connectivity index (χ0) is 24.9. The molecule has 0 aromatic carbocycles. The largest absolute Gasteiger partial charge is 0.390 e. The van der Waals surface area contributed by atoms with Crippen molar-refractivity contribution < 1.29 is 28.0 Å². The molecule has 4 aliphatic carbocycles. The van der Waals surface area contributed by atoms with Gasteiger partial charge in [0.15, 0.2) is 0 Å². The SMILES string of the molecule is CC(CCC(=O)NCCS(=O)(=O)O)C1CCC2C3C(O)C(O)C4CCCCC4(C)C3CCC12C. The molecule has 196 valence electrons. The van der Waals surface area contributed by atoms with Crippen LogP contribution in [0.5, 0.6) is 0 Å². The summed E-state index contributed by atoms with van der Waals surface area (Å²) in [6.07, 6.45) is 8.87. The van der Waals surface area contributed by atoms with Crippen molar-refractivity contribution in [2.45, 2.75) is 97.2 Å². The van der Waals surface area contributed by atoms with Gasteiger partial charge < -0.3 is 15.5 Å². The maximum Gasteiger partial charge on any atom is 0.266 e. The number of fused-ring (bicyclic) bond motifs is 5. The van der Waals surface area contributed by atoms with Crippen LogP contribution < -0.4 is 5.32 Å². The molecule has 10 unspecified atom stereocenters. The fourth-order valence-corrected chi connectivity index (χ4v) is 9.62. The van der Waals surface area contributed by atoms with Crippen molar-refractivity contribution in [1.29, 1.82) is 0 Å². The summed E-state index contributed by atoms with van der Waals surface area (Å²) in [5.41, 5.74) is 0.243. The number of hydrogen-bond donors (Lipinski definition) is 4. The molecule has 4 N–H and O–H groups in total. The zero-order valence-electron chi connectivity index (χ0n) is 21.1. The Bertz CT molecular complexity index is 863. The molecule has 4 rings (SSSR count). The normalized spacial score (nSPS) is 45.1. The Balaban J connectivity index is 1.41. The van der Waals surface area contributed by atoms with E-state index in [4.69, 9.17) is 4.55 Å². The van der Waals surface area contributed by atoms with Crippen LogP contribution in [0, 0.1) is 46.3 Å². The minimum atomic E-state index is -4.07. The number of aliphatic hydroxyl groups excluding tert-OH is 2. The molecule has 0 aromatic rings. The van der Waals surface area contributed by atoms with Crippen molar-refractivity contribution in [2.24, 2.45) is 46.3 Å². The first kappa shape index (κ1) is 26.4. The topological polar surface area (TPSA) is 124 Å². The third kappa shape index (κ3) is 4.69. The van der Waals surface area contributed by atoms with E-state index in [1.807, 2.05) is 0 Å². The summed E-state index contributed by atoms with van der Waals surface area (Å²) in [7, 11) is -4.07. The molecular weight excluding hydrogens is 454 g/mol. The number of carbonyl (C=O) groups excluding carboxylic acids is 1. The van der Waals surface area contributed by atoms with Gasteiger partial charge in [-0.05, 0) is 91.3 Å². The Kier molecular flexibility index (Phi) is 7.47. The first-order valence-corrected chi connectivity index (χ1v) is 15.1. The number of hydrogen-bond acceptors (Lipinski definition) is 5. The minimum absolute atomic E-state index is 0.0711. The lowest BCUT2D eigenvalue weighted by Crippen LogP contribution is -2.63. The van der Waals surface area contributed by atoms with Gasteiger partial charge >= 0.3 is 0 Å². The first-order valence-electron chi connectivity index (χ1n) is 13.5. The van der Waals surface area contributed by atoms with Gasteiger partial charge in [0.25, 0.3) is 10.1 Å². The molecule has 8 heteroatoms. The van der Waals surface area contributed by atoms with Crippen LogP contribution in [0.4, 0.5) is 0 Å². The molecule has 0 aromatic heterocycles. The molecule has 0 heterocycles. The Hall–Kier alpha value is -0.700. The molecule has 0 radical (unpaired) electrons. The van der Waals surface area contributed by atoms with E-state index in [1.54, 1.807) is 0 Å². The van der Waals surface area contributed by atoms with Crippen molar-refractivity contribution in [3.63, 3.8) is 0 Å². The van der Waals surface area contributed by atoms with E-state index in [0.717, 1.165) is 44.9 Å². The van der Waals surface area contributed by atoms with Crippen molar-refractivity contribution in [1.82, 2.24) is 5.32 Å². The van der Waals surface area contributed by atoms with Crippen molar-refractivity contribution in [2.75, 3.05) is 12.3 Å². The van der Waals surface area contributed by atoms with Crippen LogP contribution in [-0.2, 0) is 14.9 Å². The van der Waals surface area contributed by atoms with Gasteiger partial charge in [0, 0.05) is 13.0 Å². The zero-order valence-corrected chi connectivity index (χ0v) is 21.9. The van der Waals surface area contributed by atoms with Crippen molar-refractivity contribution in [3.05, 3.63) is 0 Å². The van der Waals surface area contributed by atoms with Crippen molar-refractivity contribution >= 4 is 16.0 Å². The highest BCUT2D eigenvalue weighted by Crippen LogP contribution is 2.68. The molecule has 7 nitrogen and oxygen atoms in total. The van der Waals surface area contributed by atoms with Crippen LogP contribution in [0.25, 0.3) is 0 Å². The summed E-state index contributed by atoms with van der Waals surface area (Å²) in [4.78, 5) is 12.2. The van der Waals surface area contributed by atoms with E-state index in [1.165, 1.54) is 12.8 Å². The van der Waals surface area contributed by atoms with E-state index in [9.17, 15) is 23.4 Å². The van der Waals surface area contributed by atoms with Gasteiger partial charge in [-0.25, -0.2) is 0 Å². The molecule has 4 saturated carbocycles. The van der Waals surface area contributed by atoms with E-state index in [-0.39, 0.29) is 35.1 Å². The Labute approximate surface area is 205 Å². The quantitative estimate of drug-likeness (QED) is 0.398. The third-order valence-electron chi connectivity index (χ3n) is 10.9. The number of aliphatic hydroxyl groups is 2. The first-order chi connectivity index (χ1) is 15.9. The molecule has 0 saturated heterocycles. The number of carbonyl (C=O) groups is 1. The predicted octanol–water partition coefficient (Wildman–Crippen LogP) is 3.40. The minimum Gasteiger partial charge on any atom is -0.390 e. The van der Waals surface area contributed by atoms with Crippen LogP contribution >= 0.6 is 0 Å². The van der Waals surface area contributed by atoms with E-state index in [2.05, 4.69) is 26.1 Å². The molecule has 0 aliphatic heterocycles. The summed E-state index contributed by atoms with van der Waals surface area (Å²) >= 11 is 0. The molecule has 4 fully saturated rings. The summed E-state index contributed by atoms with van der Waals surface area (Å²) in [5.74, 6) is 1.46. The maximum atomic E-state index is 12.2. The molecule has 0 bridgehead atoms. The van der Waals surface area contributed by atoms with Gasteiger partial charge in [0.1, 0.15) is 0 Å². The average molecular weight is 500 g/mol. The lowest BCUT2D eigenvalue weighted by Gasteiger charge is -2.63.